The minimum absolute atomic E-state index is 0.390. The van der Waals surface area contributed by atoms with Crippen molar-refractivity contribution in [2.24, 2.45) is 5.92 Å². The first kappa shape index (κ1) is 8.24. The van der Waals surface area contributed by atoms with E-state index in [1.165, 1.54) is 13.0 Å². The van der Waals surface area contributed by atoms with Crippen LogP contribution in [-0.2, 0) is 4.79 Å². The lowest BCUT2D eigenvalue weighted by molar-refractivity contribution is -0.130. The molecule has 0 radical (unpaired) electrons. The summed E-state index contributed by atoms with van der Waals surface area (Å²) in [5, 5.41) is 0. The van der Waals surface area contributed by atoms with Crippen LogP contribution in [0.15, 0.2) is 0 Å². The molecule has 3 unspecified atom stereocenters. The Bertz CT molecular complexity index is 190. The van der Waals surface area contributed by atoms with Gasteiger partial charge in [0.2, 0.25) is 0 Å². The van der Waals surface area contributed by atoms with Crippen LogP contribution >= 0.6 is 0 Å². The Morgan fingerprint density at radius 3 is 3.17 bits per heavy atom. The second-order valence-electron chi connectivity index (χ2n) is 4.07. The summed E-state index contributed by atoms with van der Waals surface area (Å²) in [6.07, 6.45) is 4.33. The average molecular weight is 167 g/mol. The second kappa shape index (κ2) is 3.17. The lowest BCUT2D eigenvalue weighted by Crippen LogP contribution is -2.50. The fourth-order valence-corrected chi connectivity index (χ4v) is 2.53. The number of Topliss-reactive ketones (excluding diaryl/α,β-unsaturated/α-hetero) is 1. The first-order chi connectivity index (χ1) is 5.81. The predicted molar refractivity (Wildman–Crippen MR) is 48.0 cm³/mol. The van der Waals surface area contributed by atoms with Crippen molar-refractivity contribution in [3.05, 3.63) is 0 Å². The van der Waals surface area contributed by atoms with Crippen molar-refractivity contribution in [2.45, 2.75) is 38.6 Å². The van der Waals surface area contributed by atoms with Gasteiger partial charge in [0.15, 0.2) is 0 Å². The maximum Gasteiger partial charge on any atom is 0.138 e. The number of hydrogen-bond donors (Lipinski definition) is 0. The molecule has 2 aliphatic heterocycles. The highest BCUT2D eigenvalue weighted by Gasteiger charge is 2.35. The Kier molecular flexibility index (Phi) is 2.18. The fraction of sp³-hybridized carbons (Fsp3) is 0.900. The zero-order valence-electron chi connectivity index (χ0n) is 7.75. The molecule has 2 fully saturated rings. The Morgan fingerprint density at radius 1 is 1.58 bits per heavy atom. The highest BCUT2D eigenvalue weighted by molar-refractivity contribution is 5.82. The molecule has 68 valence electrons. The van der Waals surface area contributed by atoms with Crippen molar-refractivity contribution >= 4 is 5.78 Å². The van der Waals surface area contributed by atoms with Crippen LogP contribution in [0.5, 0.6) is 0 Å². The van der Waals surface area contributed by atoms with Crippen LogP contribution in [0.3, 0.4) is 0 Å². The zero-order valence-corrected chi connectivity index (χ0v) is 7.75. The van der Waals surface area contributed by atoms with E-state index < -0.39 is 0 Å². The molecule has 0 aromatic heterocycles. The van der Waals surface area contributed by atoms with Gasteiger partial charge in [-0.05, 0) is 25.8 Å². The summed E-state index contributed by atoms with van der Waals surface area (Å²) < 4.78 is 0. The number of carbonyl (C=O) groups excluding carboxylic acids is 1. The smallest absolute Gasteiger partial charge is 0.138 e. The summed E-state index contributed by atoms with van der Waals surface area (Å²) in [7, 11) is 0. The van der Waals surface area contributed by atoms with Gasteiger partial charge in [0, 0.05) is 24.9 Å². The van der Waals surface area contributed by atoms with E-state index in [4.69, 9.17) is 0 Å². The van der Waals surface area contributed by atoms with Crippen molar-refractivity contribution in [1.29, 1.82) is 0 Å². The molecule has 0 saturated carbocycles. The van der Waals surface area contributed by atoms with E-state index in [1.54, 1.807) is 0 Å². The molecule has 2 bridgehead atoms. The highest BCUT2D eigenvalue weighted by atomic mass is 16.1. The summed E-state index contributed by atoms with van der Waals surface area (Å²) in [5.74, 6) is 0.916. The molecule has 0 aromatic rings. The van der Waals surface area contributed by atoms with E-state index in [1.807, 2.05) is 0 Å². The van der Waals surface area contributed by atoms with E-state index in [2.05, 4.69) is 11.8 Å². The lowest BCUT2D eigenvalue weighted by atomic mass is 9.84. The standard InChI is InChI=1S/C10H17NO/c1-2-9-6-10(12)8-4-3-5-11(9)7-8/h8-9H,2-7H2,1H3. The normalized spacial score (nSPS) is 41.4. The van der Waals surface area contributed by atoms with E-state index in [9.17, 15) is 4.79 Å². The topological polar surface area (TPSA) is 20.3 Å². The van der Waals surface area contributed by atoms with Gasteiger partial charge >= 0.3 is 0 Å². The van der Waals surface area contributed by atoms with Crippen molar-refractivity contribution in [2.75, 3.05) is 13.1 Å². The molecule has 0 aromatic carbocycles. The van der Waals surface area contributed by atoms with Crippen LogP contribution in [0.1, 0.15) is 32.6 Å². The summed E-state index contributed by atoms with van der Waals surface area (Å²) in [6, 6.07) is 0.564. The summed E-state index contributed by atoms with van der Waals surface area (Å²) in [5.41, 5.74) is 0. The Balaban J connectivity index is 2.08. The van der Waals surface area contributed by atoms with Crippen LogP contribution in [-0.4, -0.2) is 29.8 Å². The summed E-state index contributed by atoms with van der Waals surface area (Å²) >= 11 is 0. The molecule has 2 heteroatoms. The first-order valence-electron chi connectivity index (χ1n) is 5.08. The maximum atomic E-state index is 11.5. The minimum Gasteiger partial charge on any atom is -0.299 e. The van der Waals surface area contributed by atoms with Crippen LogP contribution in [0, 0.1) is 5.92 Å². The third-order valence-electron chi connectivity index (χ3n) is 3.33. The molecule has 0 spiro atoms. The molecular formula is C10H17NO. The third-order valence-corrected chi connectivity index (χ3v) is 3.33. The average Bonchev–Trinajstić information content (AvgIpc) is 2.12. The predicted octanol–water partition coefficient (Wildman–Crippen LogP) is 1.45. The lowest BCUT2D eigenvalue weighted by Gasteiger charge is -2.42. The molecule has 2 aliphatic rings. The fourth-order valence-electron chi connectivity index (χ4n) is 2.53. The highest BCUT2D eigenvalue weighted by Crippen LogP contribution is 2.28. The Labute approximate surface area is 73.9 Å². The monoisotopic (exact) mass is 167 g/mol. The van der Waals surface area contributed by atoms with E-state index >= 15 is 0 Å². The number of rotatable bonds is 1. The van der Waals surface area contributed by atoms with Crippen LogP contribution in [0.2, 0.25) is 0 Å². The quantitative estimate of drug-likeness (QED) is 0.589. The van der Waals surface area contributed by atoms with Crippen molar-refractivity contribution in [3.63, 3.8) is 0 Å². The molecular weight excluding hydrogens is 150 g/mol. The number of fused-ring (bicyclic) bond motifs is 2. The SMILES string of the molecule is CCC1CC(=O)C2CCCN1C2. The van der Waals surface area contributed by atoms with Gasteiger partial charge in [0.25, 0.3) is 0 Å². The third kappa shape index (κ3) is 1.28. The number of piperidine rings is 2. The number of nitrogens with zero attached hydrogens (tertiary/aromatic N) is 1. The van der Waals surface area contributed by atoms with Gasteiger partial charge in [0.05, 0.1) is 0 Å². The summed E-state index contributed by atoms with van der Waals surface area (Å²) in [4.78, 5) is 14.1. The van der Waals surface area contributed by atoms with Gasteiger partial charge in [0.1, 0.15) is 5.78 Å². The molecule has 0 aliphatic carbocycles. The van der Waals surface area contributed by atoms with Gasteiger partial charge in [-0.25, -0.2) is 0 Å². The molecule has 2 nitrogen and oxygen atoms in total. The van der Waals surface area contributed by atoms with E-state index in [0.717, 1.165) is 25.8 Å². The van der Waals surface area contributed by atoms with Gasteiger partial charge in [-0.15, -0.1) is 0 Å². The van der Waals surface area contributed by atoms with Gasteiger partial charge in [-0.3, -0.25) is 9.69 Å². The minimum atomic E-state index is 0.390. The van der Waals surface area contributed by atoms with Crippen molar-refractivity contribution in [3.8, 4) is 0 Å². The van der Waals surface area contributed by atoms with Crippen LogP contribution < -0.4 is 0 Å². The molecule has 3 atom stereocenters. The largest absolute Gasteiger partial charge is 0.299 e. The van der Waals surface area contributed by atoms with Gasteiger partial charge in [-0.2, -0.15) is 0 Å². The van der Waals surface area contributed by atoms with E-state index in [-0.39, 0.29) is 0 Å². The number of carbonyl (C=O) groups is 1. The van der Waals surface area contributed by atoms with Gasteiger partial charge in [-0.1, -0.05) is 6.92 Å². The Morgan fingerprint density at radius 2 is 2.42 bits per heavy atom. The molecule has 0 N–H and O–H groups in total. The zero-order chi connectivity index (χ0) is 8.55. The van der Waals surface area contributed by atoms with Crippen molar-refractivity contribution < 1.29 is 4.79 Å². The van der Waals surface area contributed by atoms with Crippen molar-refractivity contribution in [1.82, 2.24) is 4.90 Å². The Hall–Kier alpha value is -0.370. The molecule has 2 heterocycles. The number of hydrogen-bond acceptors (Lipinski definition) is 2. The van der Waals surface area contributed by atoms with Gasteiger partial charge < -0.3 is 0 Å². The van der Waals surface area contributed by atoms with Crippen LogP contribution in [0.4, 0.5) is 0 Å². The molecule has 12 heavy (non-hydrogen) atoms. The second-order valence-corrected chi connectivity index (χ2v) is 4.07. The molecule has 2 saturated heterocycles. The van der Waals surface area contributed by atoms with Crippen LogP contribution in [0.25, 0.3) is 0 Å². The number of ketones is 1. The molecule has 0 amide bonds. The van der Waals surface area contributed by atoms with E-state index in [0.29, 0.717) is 17.7 Å². The maximum absolute atomic E-state index is 11.5. The summed E-state index contributed by atoms with van der Waals surface area (Å²) in [6.45, 7) is 4.46. The first-order valence-corrected chi connectivity index (χ1v) is 5.08. The molecule has 2 rings (SSSR count).